The zero-order valence-electron chi connectivity index (χ0n) is 8.32. The zero-order valence-corrected chi connectivity index (χ0v) is 9.90. The first kappa shape index (κ1) is 9.60. The van der Waals surface area contributed by atoms with E-state index in [1.165, 1.54) is 12.8 Å². The maximum atomic E-state index is 5.79. The van der Waals surface area contributed by atoms with Gasteiger partial charge < -0.3 is 10.1 Å². The summed E-state index contributed by atoms with van der Waals surface area (Å²) in [6.45, 7) is 0. The number of nitrogens with one attached hydrogen (secondary N) is 1. The molecule has 1 aromatic heterocycles. The number of fused-ring (bicyclic) bond motifs is 2. The Kier molecular flexibility index (Phi) is 2.41. The summed E-state index contributed by atoms with van der Waals surface area (Å²) in [5.74, 6) is 0.936. The second kappa shape index (κ2) is 3.76. The highest BCUT2D eigenvalue weighted by Gasteiger charge is 2.40. The van der Waals surface area contributed by atoms with Crippen molar-refractivity contribution in [2.75, 3.05) is 5.32 Å². The molecule has 3 unspecified atom stereocenters. The molecule has 0 saturated carbocycles. The molecular formula is C11H13BrN2O. The van der Waals surface area contributed by atoms with Crippen molar-refractivity contribution in [3.05, 3.63) is 22.8 Å². The lowest BCUT2D eigenvalue weighted by Crippen LogP contribution is -2.30. The van der Waals surface area contributed by atoms with Crippen molar-refractivity contribution in [3.63, 3.8) is 0 Å². The minimum Gasteiger partial charge on any atom is -0.373 e. The number of rotatable bonds is 2. The molecule has 2 fully saturated rings. The number of nitrogens with zero attached hydrogens (tertiary/aromatic N) is 1. The molecule has 2 bridgehead atoms. The maximum absolute atomic E-state index is 5.79. The van der Waals surface area contributed by atoms with E-state index in [-0.39, 0.29) is 0 Å². The molecule has 0 aliphatic carbocycles. The molecule has 3 rings (SSSR count). The van der Waals surface area contributed by atoms with Gasteiger partial charge in [-0.3, -0.25) is 0 Å². The van der Waals surface area contributed by atoms with Crippen LogP contribution in [0.25, 0.3) is 0 Å². The van der Waals surface area contributed by atoms with E-state index in [4.69, 9.17) is 4.74 Å². The van der Waals surface area contributed by atoms with Gasteiger partial charge in [-0.05, 0) is 47.3 Å². The summed E-state index contributed by atoms with van der Waals surface area (Å²) in [6, 6.07) is 6.37. The SMILES string of the molecule is Brc1cccc(NC2CC3CCC2O3)n1. The molecule has 0 radical (unpaired) electrons. The van der Waals surface area contributed by atoms with Gasteiger partial charge in [-0.25, -0.2) is 4.98 Å². The Morgan fingerprint density at radius 3 is 3.00 bits per heavy atom. The molecule has 2 aliphatic heterocycles. The summed E-state index contributed by atoms with van der Waals surface area (Å²) in [6.07, 6.45) is 4.43. The van der Waals surface area contributed by atoms with Crippen molar-refractivity contribution in [1.29, 1.82) is 0 Å². The van der Waals surface area contributed by atoms with Crippen molar-refractivity contribution >= 4 is 21.7 Å². The van der Waals surface area contributed by atoms with Crippen molar-refractivity contribution in [2.45, 2.75) is 37.5 Å². The van der Waals surface area contributed by atoms with Crippen LogP contribution in [0.1, 0.15) is 19.3 Å². The van der Waals surface area contributed by atoms with Crippen LogP contribution in [-0.4, -0.2) is 23.2 Å². The van der Waals surface area contributed by atoms with Crippen LogP contribution < -0.4 is 5.32 Å². The normalized spacial score (nSPS) is 33.3. The molecule has 3 heterocycles. The fourth-order valence-electron chi connectivity index (χ4n) is 2.47. The first-order valence-electron chi connectivity index (χ1n) is 5.36. The lowest BCUT2D eigenvalue weighted by atomic mass is 9.95. The monoisotopic (exact) mass is 268 g/mol. The van der Waals surface area contributed by atoms with Crippen LogP contribution in [0, 0.1) is 0 Å². The van der Waals surface area contributed by atoms with E-state index in [0.717, 1.165) is 16.8 Å². The van der Waals surface area contributed by atoms with Crippen LogP contribution in [0.4, 0.5) is 5.82 Å². The van der Waals surface area contributed by atoms with E-state index in [1.54, 1.807) is 0 Å². The molecule has 0 spiro atoms. The number of hydrogen-bond acceptors (Lipinski definition) is 3. The van der Waals surface area contributed by atoms with Crippen LogP contribution in [0.2, 0.25) is 0 Å². The Balaban J connectivity index is 1.71. The van der Waals surface area contributed by atoms with Crippen LogP contribution in [0.15, 0.2) is 22.8 Å². The number of aromatic nitrogens is 1. The number of anilines is 1. The molecule has 2 saturated heterocycles. The van der Waals surface area contributed by atoms with Gasteiger partial charge in [0.25, 0.3) is 0 Å². The van der Waals surface area contributed by atoms with Crippen LogP contribution in [0.3, 0.4) is 0 Å². The Labute approximate surface area is 97.4 Å². The minimum atomic E-state index is 0.399. The lowest BCUT2D eigenvalue weighted by Gasteiger charge is -2.20. The van der Waals surface area contributed by atoms with Gasteiger partial charge in [0.1, 0.15) is 10.4 Å². The molecule has 80 valence electrons. The molecule has 15 heavy (non-hydrogen) atoms. The van der Waals surface area contributed by atoms with Crippen molar-refractivity contribution < 1.29 is 4.74 Å². The Bertz CT molecular complexity index is 371. The number of ether oxygens (including phenoxy) is 1. The van der Waals surface area contributed by atoms with Crippen LogP contribution >= 0.6 is 15.9 Å². The molecule has 0 aromatic carbocycles. The quantitative estimate of drug-likeness (QED) is 0.838. The fraction of sp³-hybridized carbons (Fsp3) is 0.545. The standard InChI is InChI=1S/C11H13BrN2O/c12-10-2-1-3-11(14-10)13-8-6-7-4-5-9(8)15-7/h1-3,7-9H,4-6H2,(H,13,14). The smallest absolute Gasteiger partial charge is 0.127 e. The summed E-state index contributed by atoms with van der Waals surface area (Å²) in [4.78, 5) is 4.37. The summed E-state index contributed by atoms with van der Waals surface area (Å²) in [5, 5.41) is 3.45. The van der Waals surface area contributed by atoms with E-state index in [1.807, 2.05) is 18.2 Å². The van der Waals surface area contributed by atoms with Gasteiger partial charge in [-0.1, -0.05) is 6.07 Å². The van der Waals surface area contributed by atoms with Gasteiger partial charge in [-0.2, -0.15) is 0 Å². The average Bonchev–Trinajstić information content (AvgIpc) is 2.79. The van der Waals surface area contributed by atoms with Gasteiger partial charge in [0.2, 0.25) is 0 Å². The van der Waals surface area contributed by atoms with Crippen LogP contribution in [-0.2, 0) is 4.74 Å². The molecule has 1 N–H and O–H groups in total. The van der Waals surface area contributed by atoms with E-state index in [9.17, 15) is 0 Å². The van der Waals surface area contributed by atoms with Crippen molar-refractivity contribution in [2.24, 2.45) is 0 Å². The maximum Gasteiger partial charge on any atom is 0.127 e. The number of hydrogen-bond donors (Lipinski definition) is 1. The molecule has 4 heteroatoms. The third-order valence-corrected chi connectivity index (χ3v) is 3.60. The van der Waals surface area contributed by atoms with Gasteiger partial charge in [0.15, 0.2) is 0 Å². The highest BCUT2D eigenvalue weighted by molar-refractivity contribution is 9.10. The third-order valence-electron chi connectivity index (χ3n) is 3.15. The van der Waals surface area contributed by atoms with E-state index in [0.29, 0.717) is 18.2 Å². The van der Waals surface area contributed by atoms with Gasteiger partial charge >= 0.3 is 0 Å². The minimum absolute atomic E-state index is 0.399. The van der Waals surface area contributed by atoms with Gasteiger partial charge in [0.05, 0.1) is 18.2 Å². The van der Waals surface area contributed by atoms with Gasteiger partial charge in [-0.15, -0.1) is 0 Å². The molecule has 0 amide bonds. The van der Waals surface area contributed by atoms with Crippen LogP contribution in [0.5, 0.6) is 0 Å². The van der Waals surface area contributed by atoms with Crippen molar-refractivity contribution in [3.8, 4) is 0 Å². The Hall–Kier alpha value is -0.610. The highest BCUT2D eigenvalue weighted by atomic mass is 79.9. The van der Waals surface area contributed by atoms with E-state index < -0.39 is 0 Å². The molecule has 2 aliphatic rings. The summed E-state index contributed by atoms with van der Waals surface area (Å²) < 4.78 is 6.66. The third kappa shape index (κ3) is 1.88. The summed E-state index contributed by atoms with van der Waals surface area (Å²) in [5.41, 5.74) is 0. The van der Waals surface area contributed by atoms with Gasteiger partial charge in [0, 0.05) is 0 Å². The Morgan fingerprint density at radius 1 is 1.40 bits per heavy atom. The molecule has 3 nitrogen and oxygen atoms in total. The summed E-state index contributed by atoms with van der Waals surface area (Å²) >= 11 is 3.37. The summed E-state index contributed by atoms with van der Waals surface area (Å²) in [7, 11) is 0. The van der Waals surface area contributed by atoms with E-state index >= 15 is 0 Å². The predicted octanol–water partition coefficient (Wildman–Crippen LogP) is 2.58. The number of halogens is 1. The topological polar surface area (TPSA) is 34.1 Å². The number of pyridine rings is 1. The molecular weight excluding hydrogens is 256 g/mol. The second-order valence-corrected chi connectivity index (χ2v) is 5.02. The van der Waals surface area contributed by atoms with Crippen molar-refractivity contribution in [1.82, 2.24) is 4.98 Å². The zero-order chi connectivity index (χ0) is 10.3. The first-order valence-corrected chi connectivity index (χ1v) is 6.15. The van der Waals surface area contributed by atoms with E-state index in [2.05, 4.69) is 26.2 Å². The fourth-order valence-corrected chi connectivity index (χ4v) is 2.81. The average molecular weight is 269 g/mol. The highest BCUT2D eigenvalue weighted by Crippen LogP contribution is 2.35. The Morgan fingerprint density at radius 2 is 2.33 bits per heavy atom. The molecule has 1 aromatic rings. The first-order chi connectivity index (χ1) is 7.31. The lowest BCUT2D eigenvalue weighted by molar-refractivity contribution is 0.102. The predicted molar refractivity (Wildman–Crippen MR) is 61.9 cm³/mol. The second-order valence-electron chi connectivity index (χ2n) is 4.21. The molecule has 3 atom stereocenters. The largest absolute Gasteiger partial charge is 0.373 e.